The summed E-state index contributed by atoms with van der Waals surface area (Å²) in [7, 11) is 1.76. The SMILES string of the molecule is CC1CCCN(Cc2nn(C)cc2C(=O)O)C1. The van der Waals surface area contributed by atoms with Crippen LogP contribution < -0.4 is 0 Å². The molecule has 0 aromatic carbocycles. The quantitative estimate of drug-likeness (QED) is 0.862. The molecule has 1 aromatic rings. The van der Waals surface area contributed by atoms with E-state index < -0.39 is 5.97 Å². The monoisotopic (exact) mass is 237 g/mol. The van der Waals surface area contributed by atoms with Gasteiger partial charge in [-0.15, -0.1) is 0 Å². The summed E-state index contributed by atoms with van der Waals surface area (Å²) in [6, 6.07) is 0. The Bertz CT molecular complexity index is 414. The smallest absolute Gasteiger partial charge is 0.339 e. The molecule has 17 heavy (non-hydrogen) atoms. The lowest BCUT2D eigenvalue weighted by Crippen LogP contribution is -2.34. The summed E-state index contributed by atoms with van der Waals surface area (Å²) >= 11 is 0. The molecule has 2 rings (SSSR count). The van der Waals surface area contributed by atoms with Crippen molar-refractivity contribution in [2.24, 2.45) is 13.0 Å². The lowest BCUT2D eigenvalue weighted by Gasteiger charge is -2.30. The Morgan fingerprint density at radius 2 is 2.41 bits per heavy atom. The minimum atomic E-state index is -0.891. The Balaban J connectivity index is 2.09. The zero-order valence-electron chi connectivity index (χ0n) is 10.4. The molecule has 0 spiro atoms. The van der Waals surface area contributed by atoms with Gasteiger partial charge in [0.25, 0.3) is 0 Å². The minimum absolute atomic E-state index is 0.325. The third-order valence-corrected chi connectivity index (χ3v) is 3.25. The molecular weight excluding hydrogens is 218 g/mol. The van der Waals surface area contributed by atoms with Gasteiger partial charge in [0.05, 0.1) is 5.69 Å². The summed E-state index contributed by atoms with van der Waals surface area (Å²) in [5.74, 6) is -0.195. The van der Waals surface area contributed by atoms with E-state index in [1.54, 1.807) is 17.9 Å². The molecule has 0 amide bonds. The summed E-state index contributed by atoms with van der Waals surface area (Å²) in [6.07, 6.45) is 4.03. The van der Waals surface area contributed by atoms with Crippen LogP contribution in [0.1, 0.15) is 35.8 Å². The molecule has 1 aliphatic heterocycles. The number of carboxylic acid groups (broad SMARTS) is 1. The van der Waals surface area contributed by atoms with Crippen molar-refractivity contribution in [3.05, 3.63) is 17.5 Å². The van der Waals surface area contributed by atoms with Crippen LogP contribution in [-0.2, 0) is 13.6 Å². The molecule has 94 valence electrons. The van der Waals surface area contributed by atoms with Crippen molar-refractivity contribution in [3.63, 3.8) is 0 Å². The fraction of sp³-hybridized carbons (Fsp3) is 0.667. The Kier molecular flexibility index (Phi) is 3.47. The van der Waals surface area contributed by atoms with Crippen molar-refractivity contribution >= 4 is 5.97 Å². The highest BCUT2D eigenvalue weighted by atomic mass is 16.4. The van der Waals surface area contributed by atoms with Gasteiger partial charge in [0.2, 0.25) is 0 Å². The van der Waals surface area contributed by atoms with Crippen molar-refractivity contribution in [1.29, 1.82) is 0 Å². The minimum Gasteiger partial charge on any atom is -0.478 e. The van der Waals surface area contributed by atoms with Crippen molar-refractivity contribution < 1.29 is 9.90 Å². The van der Waals surface area contributed by atoms with Crippen molar-refractivity contribution in [2.75, 3.05) is 13.1 Å². The molecule has 1 saturated heterocycles. The van der Waals surface area contributed by atoms with E-state index in [2.05, 4.69) is 16.9 Å². The van der Waals surface area contributed by atoms with Crippen LogP contribution in [0.4, 0.5) is 0 Å². The summed E-state index contributed by atoms with van der Waals surface area (Å²) in [5.41, 5.74) is 1.000. The van der Waals surface area contributed by atoms with E-state index in [0.29, 0.717) is 23.7 Å². The lowest BCUT2D eigenvalue weighted by atomic mass is 10.00. The summed E-state index contributed by atoms with van der Waals surface area (Å²) < 4.78 is 1.58. The van der Waals surface area contributed by atoms with Gasteiger partial charge in [0.1, 0.15) is 5.56 Å². The number of hydrogen-bond acceptors (Lipinski definition) is 3. The fourth-order valence-electron chi connectivity index (χ4n) is 2.47. The van der Waals surface area contributed by atoms with E-state index in [9.17, 15) is 4.79 Å². The maximum Gasteiger partial charge on any atom is 0.339 e. The van der Waals surface area contributed by atoms with Crippen LogP contribution in [0.5, 0.6) is 0 Å². The molecule has 5 heteroatoms. The average molecular weight is 237 g/mol. The largest absolute Gasteiger partial charge is 0.478 e. The number of aryl methyl sites for hydroxylation is 1. The normalized spacial score (nSPS) is 21.6. The van der Waals surface area contributed by atoms with Gasteiger partial charge >= 0.3 is 5.97 Å². The van der Waals surface area contributed by atoms with E-state index in [0.717, 1.165) is 13.1 Å². The molecule has 1 aromatic heterocycles. The Labute approximate surface area is 101 Å². The molecule has 2 heterocycles. The van der Waals surface area contributed by atoms with E-state index in [1.165, 1.54) is 12.8 Å². The maximum atomic E-state index is 11.1. The van der Waals surface area contributed by atoms with Crippen LogP contribution in [0.2, 0.25) is 0 Å². The van der Waals surface area contributed by atoms with Crippen LogP contribution in [-0.4, -0.2) is 38.8 Å². The second-order valence-corrected chi connectivity index (χ2v) is 4.95. The average Bonchev–Trinajstić information content (AvgIpc) is 2.59. The van der Waals surface area contributed by atoms with Gasteiger partial charge in [-0.1, -0.05) is 6.92 Å². The van der Waals surface area contributed by atoms with Crippen LogP contribution in [0, 0.1) is 5.92 Å². The van der Waals surface area contributed by atoms with Crippen LogP contribution >= 0.6 is 0 Å². The predicted molar refractivity (Wildman–Crippen MR) is 63.8 cm³/mol. The summed E-state index contributed by atoms with van der Waals surface area (Å²) in [6.45, 7) is 4.96. The van der Waals surface area contributed by atoms with Gasteiger partial charge in [0, 0.05) is 26.3 Å². The van der Waals surface area contributed by atoms with Gasteiger partial charge in [-0.3, -0.25) is 9.58 Å². The van der Waals surface area contributed by atoms with Gasteiger partial charge in [0.15, 0.2) is 0 Å². The molecule has 5 nitrogen and oxygen atoms in total. The van der Waals surface area contributed by atoms with Gasteiger partial charge < -0.3 is 5.11 Å². The third-order valence-electron chi connectivity index (χ3n) is 3.25. The standard InChI is InChI=1S/C12H19N3O2/c1-9-4-3-5-15(6-9)8-11-10(12(16)17)7-14(2)13-11/h7,9H,3-6,8H2,1-2H3,(H,16,17). The van der Waals surface area contributed by atoms with Crippen molar-refractivity contribution in [3.8, 4) is 0 Å². The van der Waals surface area contributed by atoms with Crippen LogP contribution in [0.15, 0.2) is 6.20 Å². The molecule has 0 radical (unpaired) electrons. The number of hydrogen-bond donors (Lipinski definition) is 1. The summed E-state index contributed by atoms with van der Waals surface area (Å²) in [4.78, 5) is 13.4. The first-order chi connectivity index (χ1) is 8.06. The molecule has 1 fully saturated rings. The number of carbonyl (C=O) groups is 1. The molecule has 0 bridgehead atoms. The number of piperidine rings is 1. The van der Waals surface area contributed by atoms with Crippen LogP contribution in [0.25, 0.3) is 0 Å². The van der Waals surface area contributed by atoms with Crippen LogP contribution in [0.3, 0.4) is 0 Å². The van der Waals surface area contributed by atoms with Gasteiger partial charge in [-0.05, 0) is 25.3 Å². The highest BCUT2D eigenvalue weighted by Crippen LogP contribution is 2.18. The Morgan fingerprint density at radius 1 is 1.65 bits per heavy atom. The number of aromatic carboxylic acids is 1. The Morgan fingerprint density at radius 3 is 3.06 bits per heavy atom. The number of rotatable bonds is 3. The van der Waals surface area contributed by atoms with E-state index in [4.69, 9.17) is 5.11 Å². The molecule has 0 saturated carbocycles. The first-order valence-corrected chi connectivity index (χ1v) is 6.04. The molecule has 1 atom stereocenters. The van der Waals surface area contributed by atoms with E-state index in [-0.39, 0.29) is 0 Å². The molecular formula is C12H19N3O2. The zero-order valence-corrected chi connectivity index (χ0v) is 10.4. The maximum absolute atomic E-state index is 11.1. The van der Waals surface area contributed by atoms with E-state index >= 15 is 0 Å². The third kappa shape index (κ3) is 2.85. The molecule has 1 N–H and O–H groups in total. The highest BCUT2D eigenvalue weighted by molar-refractivity contribution is 5.88. The number of carboxylic acids is 1. The second kappa shape index (κ2) is 4.87. The van der Waals surface area contributed by atoms with Crippen molar-refractivity contribution in [2.45, 2.75) is 26.3 Å². The number of nitrogens with zero attached hydrogens (tertiary/aromatic N) is 3. The second-order valence-electron chi connectivity index (χ2n) is 4.95. The van der Waals surface area contributed by atoms with Gasteiger partial charge in [-0.2, -0.15) is 5.10 Å². The predicted octanol–water partition coefficient (Wildman–Crippen LogP) is 1.35. The van der Waals surface area contributed by atoms with Crippen molar-refractivity contribution in [1.82, 2.24) is 14.7 Å². The topological polar surface area (TPSA) is 58.4 Å². The molecule has 0 aliphatic carbocycles. The lowest BCUT2D eigenvalue weighted by molar-refractivity contribution is 0.0693. The molecule has 1 aliphatic rings. The fourth-order valence-corrected chi connectivity index (χ4v) is 2.47. The molecule has 1 unspecified atom stereocenters. The summed E-state index contributed by atoms with van der Waals surface area (Å²) in [5, 5.41) is 13.3. The zero-order chi connectivity index (χ0) is 12.4. The first-order valence-electron chi connectivity index (χ1n) is 6.04. The Hall–Kier alpha value is -1.36. The first kappa shape index (κ1) is 12.1. The number of likely N-dealkylation sites (tertiary alicyclic amines) is 1. The number of aromatic nitrogens is 2. The highest BCUT2D eigenvalue weighted by Gasteiger charge is 2.21. The van der Waals surface area contributed by atoms with E-state index in [1.807, 2.05) is 0 Å². The van der Waals surface area contributed by atoms with Gasteiger partial charge in [-0.25, -0.2) is 4.79 Å².